The summed E-state index contributed by atoms with van der Waals surface area (Å²) in [5.74, 6) is -1.85. The number of nitro benzene ring substituents is 1. The lowest BCUT2D eigenvalue weighted by atomic mass is 10.0. The molecule has 0 aliphatic heterocycles. The van der Waals surface area contributed by atoms with Crippen molar-refractivity contribution in [3.63, 3.8) is 0 Å². The SMILES string of the molecule is O=C(N[C@H](Cc1ccc2ccccc2c1)C(=O)O)c1cccc([N+](=O)[O-])c1. The van der Waals surface area contributed by atoms with Crippen molar-refractivity contribution in [1.82, 2.24) is 5.32 Å². The van der Waals surface area contributed by atoms with Gasteiger partial charge in [-0.05, 0) is 22.4 Å². The smallest absolute Gasteiger partial charge is 0.326 e. The average Bonchev–Trinajstić information content (AvgIpc) is 2.67. The lowest BCUT2D eigenvalue weighted by molar-refractivity contribution is -0.384. The molecule has 0 saturated carbocycles. The van der Waals surface area contributed by atoms with Crippen LogP contribution in [0.25, 0.3) is 10.8 Å². The third kappa shape index (κ3) is 4.27. The number of carbonyl (C=O) groups is 2. The van der Waals surface area contributed by atoms with Crippen molar-refractivity contribution in [2.45, 2.75) is 12.5 Å². The van der Waals surface area contributed by atoms with Gasteiger partial charge in [-0.1, -0.05) is 48.5 Å². The zero-order valence-electron chi connectivity index (χ0n) is 14.2. The molecule has 3 aromatic carbocycles. The number of nitrogens with one attached hydrogen (secondary N) is 1. The summed E-state index contributed by atoms with van der Waals surface area (Å²) in [6.45, 7) is 0. The lowest BCUT2D eigenvalue weighted by Crippen LogP contribution is -2.42. The monoisotopic (exact) mass is 364 g/mol. The van der Waals surface area contributed by atoms with Crippen LogP contribution in [0.5, 0.6) is 0 Å². The number of rotatable bonds is 6. The zero-order valence-corrected chi connectivity index (χ0v) is 14.2. The number of nitro groups is 1. The quantitative estimate of drug-likeness (QED) is 0.516. The topological polar surface area (TPSA) is 110 Å². The summed E-state index contributed by atoms with van der Waals surface area (Å²) >= 11 is 0. The molecule has 0 spiro atoms. The number of amides is 1. The first-order valence-electron chi connectivity index (χ1n) is 8.20. The maximum Gasteiger partial charge on any atom is 0.326 e. The molecule has 7 heteroatoms. The molecule has 7 nitrogen and oxygen atoms in total. The molecule has 0 aromatic heterocycles. The van der Waals surface area contributed by atoms with Crippen LogP contribution < -0.4 is 5.32 Å². The van der Waals surface area contributed by atoms with Crippen LogP contribution in [0.15, 0.2) is 66.7 Å². The molecule has 3 rings (SSSR count). The molecular formula is C20H16N2O5. The first-order valence-corrected chi connectivity index (χ1v) is 8.20. The molecule has 0 aliphatic rings. The van der Waals surface area contributed by atoms with Gasteiger partial charge in [-0.15, -0.1) is 0 Å². The Kier molecular flexibility index (Phi) is 5.12. The Morgan fingerprint density at radius 2 is 1.74 bits per heavy atom. The van der Waals surface area contributed by atoms with Gasteiger partial charge in [0, 0.05) is 24.1 Å². The van der Waals surface area contributed by atoms with Gasteiger partial charge in [-0.2, -0.15) is 0 Å². The van der Waals surface area contributed by atoms with E-state index in [4.69, 9.17) is 0 Å². The molecule has 1 atom stereocenters. The molecule has 0 aliphatic carbocycles. The van der Waals surface area contributed by atoms with Crippen molar-refractivity contribution in [2.75, 3.05) is 0 Å². The third-order valence-corrected chi connectivity index (χ3v) is 4.18. The maximum atomic E-state index is 12.3. The predicted octanol–water partition coefficient (Wildman–Crippen LogP) is 3.17. The minimum Gasteiger partial charge on any atom is -0.480 e. The molecule has 27 heavy (non-hydrogen) atoms. The van der Waals surface area contributed by atoms with Crippen molar-refractivity contribution < 1.29 is 19.6 Å². The van der Waals surface area contributed by atoms with E-state index in [0.717, 1.165) is 22.4 Å². The van der Waals surface area contributed by atoms with Gasteiger partial charge >= 0.3 is 5.97 Å². The largest absolute Gasteiger partial charge is 0.480 e. The van der Waals surface area contributed by atoms with E-state index in [1.807, 2.05) is 42.5 Å². The summed E-state index contributed by atoms with van der Waals surface area (Å²) in [4.78, 5) is 34.1. The number of aliphatic carboxylic acids is 1. The molecule has 0 bridgehead atoms. The Balaban J connectivity index is 1.79. The molecule has 0 fully saturated rings. The number of benzene rings is 3. The second-order valence-corrected chi connectivity index (χ2v) is 6.06. The van der Waals surface area contributed by atoms with E-state index in [2.05, 4.69) is 5.32 Å². The number of carbonyl (C=O) groups excluding carboxylic acids is 1. The van der Waals surface area contributed by atoms with Crippen molar-refractivity contribution in [3.05, 3.63) is 88.0 Å². The number of carboxylic acid groups (broad SMARTS) is 1. The van der Waals surface area contributed by atoms with Crippen LogP contribution >= 0.6 is 0 Å². The lowest BCUT2D eigenvalue weighted by Gasteiger charge is -2.15. The van der Waals surface area contributed by atoms with Crippen LogP contribution in [0, 0.1) is 10.1 Å². The Hall–Kier alpha value is -3.74. The number of non-ortho nitro benzene ring substituents is 1. The standard InChI is InChI=1S/C20H16N2O5/c23-19(16-6-3-7-17(12-16)22(26)27)21-18(20(24)25)11-13-8-9-14-4-1-2-5-15(14)10-13/h1-10,12,18H,11H2,(H,21,23)(H,24,25)/t18-/m1/s1. The number of fused-ring (bicyclic) bond motifs is 1. The maximum absolute atomic E-state index is 12.3. The molecule has 0 heterocycles. The molecule has 136 valence electrons. The van der Waals surface area contributed by atoms with Crippen molar-refractivity contribution >= 4 is 28.3 Å². The van der Waals surface area contributed by atoms with Crippen LogP contribution in [0.3, 0.4) is 0 Å². The fourth-order valence-corrected chi connectivity index (χ4v) is 2.80. The van der Waals surface area contributed by atoms with Gasteiger partial charge in [0.15, 0.2) is 0 Å². The van der Waals surface area contributed by atoms with Gasteiger partial charge < -0.3 is 10.4 Å². The van der Waals surface area contributed by atoms with Crippen molar-refractivity contribution in [1.29, 1.82) is 0 Å². The van der Waals surface area contributed by atoms with Crippen LogP contribution in [0.2, 0.25) is 0 Å². The van der Waals surface area contributed by atoms with Gasteiger partial charge in [-0.25, -0.2) is 4.79 Å². The van der Waals surface area contributed by atoms with Crippen molar-refractivity contribution in [2.24, 2.45) is 0 Å². The normalized spacial score (nSPS) is 11.7. The highest BCUT2D eigenvalue weighted by atomic mass is 16.6. The Morgan fingerprint density at radius 1 is 1.00 bits per heavy atom. The summed E-state index contributed by atoms with van der Waals surface area (Å²) in [5, 5.41) is 24.7. The van der Waals surface area contributed by atoms with Crippen LogP contribution in [-0.2, 0) is 11.2 Å². The second kappa shape index (κ2) is 7.65. The minimum absolute atomic E-state index is 0.0361. The highest BCUT2D eigenvalue weighted by molar-refractivity contribution is 5.97. The van der Waals surface area contributed by atoms with E-state index in [-0.39, 0.29) is 17.7 Å². The number of carboxylic acids is 1. The van der Waals surface area contributed by atoms with Crippen LogP contribution in [-0.4, -0.2) is 27.9 Å². The number of nitrogens with zero attached hydrogens (tertiary/aromatic N) is 1. The van der Waals surface area contributed by atoms with E-state index in [1.54, 1.807) is 0 Å². The van der Waals surface area contributed by atoms with Crippen LogP contribution in [0.4, 0.5) is 5.69 Å². The second-order valence-electron chi connectivity index (χ2n) is 6.06. The first-order chi connectivity index (χ1) is 12.9. The van der Waals surface area contributed by atoms with Crippen molar-refractivity contribution in [3.8, 4) is 0 Å². The molecule has 1 amide bonds. The summed E-state index contributed by atoms with van der Waals surface area (Å²) < 4.78 is 0. The van der Waals surface area contributed by atoms with Gasteiger partial charge in [-0.3, -0.25) is 14.9 Å². The van der Waals surface area contributed by atoms with E-state index < -0.39 is 22.8 Å². The third-order valence-electron chi connectivity index (χ3n) is 4.18. The predicted molar refractivity (Wildman–Crippen MR) is 99.6 cm³/mol. The van der Waals surface area contributed by atoms with E-state index in [0.29, 0.717) is 0 Å². The minimum atomic E-state index is -1.18. The number of hydrogen-bond donors (Lipinski definition) is 2. The molecule has 3 aromatic rings. The van der Waals surface area contributed by atoms with Gasteiger partial charge in [0.05, 0.1) is 4.92 Å². The van der Waals surface area contributed by atoms with E-state index >= 15 is 0 Å². The number of hydrogen-bond acceptors (Lipinski definition) is 4. The summed E-state index contributed by atoms with van der Waals surface area (Å²) in [7, 11) is 0. The fraction of sp³-hybridized carbons (Fsp3) is 0.100. The molecule has 2 N–H and O–H groups in total. The molecule has 0 radical (unpaired) electrons. The molecule has 0 unspecified atom stereocenters. The van der Waals surface area contributed by atoms with E-state index in [1.165, 1.54) is 18.2 Å². The first kappa shape index (κ1) is 18.1. The summed E-state index contributed by atoms with van der Waals surface area (Å²) in [6, 6.07) is 17.3. The fourth-order valence-electron chi connectivity index (χ4n) is 2.80. The highest BCUT2D eigenvalue weighted by Gasteiger charge is 2.22. The van der Waals surface area contributed by atoms with Gasteiger partial charge in [0.25, 0.3) is 11.6 Å². The molecular weight excluding hydrogens is 348 g/mol. The highest BCUT2D eigenvalue weighted by Crippen LogP contribution is 2.17. The Bertz CT molecular complexity index is 1030. The van der Waals surface area contributed by atoms with E-state index in [9.17, 15) is 24.8 Å². The summed E-state index contributed by atoms with van der Waals surface area (Å²) in [6.07, 6.45) is 0.0981. The Morgan fingerprint density at radius 3 is 2.44 bits per heavy atom. The zero-order chi connectivity index (χ0) is 19.4. The van der Waals surface area contributed by atoms with Gasteiger partial charge in [0.2, 0.25) is 0 Å². The molecule has 0 saturated heterocycles. The average molecular weight is 364 g/mol. The van der Waals surface area contributed by atoms with Crippen LogP contribution in [0.1, 0.15) is 15.9 Å². The summed E-state index contributed by atoms with van der Waals surface area (Å²) in [5.41, 5.74) is 0.568. The Labute approximate surface area is 154 Å². The van der Waals surface area contributed by atoms with Gasteiger partial charge in [0.1, 0.15) is 6.04 Å².